The lowest BCUT2D eigenvalue weighted by Gasteiger charge is -2.29. The number of benzene rings is 2. The fourth-order valence-electron chi connectivity index (χ4n) is 3.61. The quantitative estimate of drug-likeness (QED) is 0.571. The maximum Gasteiger partial charge on any atom is 0.242 e. The molecule has 1 unspecified atom stereocenters. The Balaban J connectivity index is 2.12. The molecule has 0 saturated carbocycles. The van der Waals surface area contributed by atoms with Gasteiger partial charge in [0, 0.05) is 19.5 Å². The van der Waals surface area contributed by atoms with Gasteiger partial charge >= 0.3 is 0 Å². The fourth-order valence-corrected chi connectivity index (χ4v) is 3.61. The summed E-state index contributed by atoms with van der Waals surface area (Å²) in [6.45, 7) is 15.6. The molecule has 0 radical (unpaired) electrons. The van der Waals surface area contributed by atoms with Crippen LogP contribution in [0, 0.1) is 12.8 Å². The topological polar surface area (TPSA) is 49.4 Å². The molecule has 2 amide bonds. The first kappa shape index (κ1) is 25.6. The monoisotopic (exact) mass is 436 g/mol. The van der Waals surface area contributed by atoms with E-state index in [1.165, 1.54) is 5.56 Å². The molecular weight excluding hydrogens is 396 g/mol. The minimum atomic E-state index is -0.523. The van der Waals surface area contributed by atoms with E-state index in [-0.39, 0.29) is 17.2 Å². The number of rotatable bonds is 9. The molecule has 2 aromatic carbocycles. The van der Waals surface area contributed by atoms with E-state index < -0.39 is 6.04 Å². The lowest BCUT2D eigenvalue weighted by atomic mass is 9.86. The van der Waals surface area contributed by atoms with Crippen LogP contribution >= 0.6 is 0 Å². The summed E-state index contributed by atoms with van der Waals surface area (Å²) in [5, 5.41) is 2.98. The molecule has 0 saturated heterocycles. The summed E-state index contributed by atoms with van der Waals surface area (Å²) in [5.74, 6) is 0.260. The van der Waals surface area contributed by atoms with Crippen LogP contribution in [-0.2, 0) is 28.0 Å². The van der Waals surface area contributed by atoms with Gasteiger partial charge in [0.05, 0.1) is 0 Å². The molecule has 0 aromatic heterocycles. The molecule has 4 nitrogen and oxygen atoms in total. The number of carbonyl (C=O) groups is 2. The van der Waals surface area contributed by atoms with E-state index in [0.717, 1.165) is 16.7 Å². The average Bonchev–Trinajstić information content (AvgIpc) is 2.73. The van der Waals surface area contributed by atoms with Crippen molar-refractivity contribution in [3.63, 3.8) is 0 Å². The van der Waals surface area contributed by atoms with Gasteiger partial charge in [0.2, 0.25) is 11.8 Å². The van der Waals surface area contributed by atoms with Crippen LogP contribution in [0.15, 0.2) is 48.5 Å². The number of nitrogens with zero attached hydrogens (tertiary/aromatic N) is 1. The van der Waals surface area contributed by atoms with E-state index in [1.54, 1.807) is 4.90 Å². The van der Waals surface area contributed by atoms with E-state index >= 15 is 0 Å². The van der Waals surface area contributed by atoms with E-state index in [4.69, 9.17) is 0 Å². The van der Waals surface area contributed by atoms with Crippen LogP contribution in [0.5, 0.6) is 0 Å². The van der Waals surface area contributed by atoms with Crippen molar-refractivity contribution in [3.05, 3.63) is 70.8 Å². The zero-order valence-electron chi connectivity index (χ0n) is 20.9. The SMILES string of the molecule is Cc1cccc(CN(C(=O)CCc2ccc(C(C)(C)C)cc2)C(C)C(=O)NCC(C)C)c1. The number of hydrogen-bond acceptors (Lipinski definition) is 2. The molecule has 0 aliphatic heterocycles. The van der Waals surface area contributed by atoms with E-state index in [0.29, 0.717) is 31.8 Å². The van der Waals surface area contributed by atoms with Crippen LogP contribution in [0.25, 0.3) is 0 Å². The van der Waals surface area contributed by atoms with E-state index in [1.807, 2.05) is 32.0 Å². The molecule has 32 heavy (non-hydrogen) atoms. The normalized spacial score (nSPS) is 12.5. The summed E-state index contributed by atoms with van der Waals surface area (Å²) in [6, 6.07) is 16.1. The van der Waals surface area contributed by atoms with Crippen LogP contribution < -0.4 is 5.32 Å². The lowest BCUT2D eigenvalue weighted by molar-refractivity contribution is -0.140. The maximum atomic E-state index is 13.3. The standard InChI is InChI=1S/C28H40N2O2/c1-20(2)18-29-27(32)22(4)30(19-24-10-8-9-21(3)17-24)26(31)16-13-23-11-14-25(15-12-23)28(5,6)7/h8-12,14-15,17,20,22H,13,16,18-19H2,1-7H3,(H,29,32). The van der Waals surface area contributed by atoms with Crippen molar-refractivity contribution in [2.75, 3.05) is 6.54 Å². The predicted molar refractivity (Wildman–Crippen MR) is 133 cm³/mol. The summed E-state index contributed by atoms with van der Waals surface area (Å²) in [5.41, 5.74) is 4.71. The van der Waals surface area contributed by atoms with Gasteiger partial charge in [0.1, 0.15) is 6.04 Å². The van der Waals surface area contributed by atoms with Crippen molar-refractivity contribution >= 4 is 11.8 Å². The largest absolute Gasteiger partial charge is 0.354 e. The van der Waals surface area contributed by atoms with Crippen molar-refractivity contribution < 1.29 is 9.59 Å². The van der Waals surface area contributed by atoms with Crippen LogP contribution in [0.4, 0.5) is 0 Å². The van der Waals surface area contributed by atoms with Crippen molar-refractivity contribution in [3.8, 4) is 0 Å². The molecule has 1 N–H and O–H groups in total. The first-order chi connectivity index (χ1) is 15.0. The van der Waals surface area contributed by atoms with Crippen molar-refractivity contribution in [1.82, 2.24) is 10.2 Å². The summed E-state index contributed by atoms with van der Waals surface area (Å²) >= 11 is 0. The van der Waals surface area contributed by atoms with Gasteiger partial charge in [-0.3, -0.25) is 9.59 Å². The highest BCUT2D eigenvalue weighted by Crippen LogP contribution is 2.22. The zero-order valence-corrected chi connectivity index (χ0v) is 20.9. The third-order valence-electron chi connectivity index (χ3n) is 5.73. The second kappa shape index (κ2) is 11.3. The van der Waals surface area contributed by atoms with Crippen LogP contribution in [-0.4, -0.2) is 29.3 Å². The van der Waals surface area contributed by atoms with Crippen LogP contribution in [0.3, 0.4) is 0 Å². The van der Waals surface area contributed by atoms with Crippen LogP contribution in [0.1, 0.15) is 70.2 Å². The number of nitrogens with one attached hydrogen (secondary N) is 1. The summed E-state index contributed by atoms with van der Waals surface area (Å²) in [7, 11) is 0. The Bertz CT molecular complexity index is 894. The molecule has 174 valence electrons. The van der Waals surface area contributed by atoms with Gasteiger partial charge in [-0.1, -0.05) is 88.7 Å². The third kappa shape index (κ3) is 7.81. The number of carbonyl (C=O) groups excluding carboxylic acids is 2. The maximum absolute atomic E-state index is 13.3. The van der Waals surface area contributed by atoms with Gasteiger partial charge in [0.25, 0.3) is 0 Å². The Morgan fingerprint density at radius 1 is 0.969 bits per heavy atom. The Morgan fingerprint density at radius 3 is 2.19 bits per heavy atom. The Morgan fingerprint density at radius 2 is 1.62 bits per heavy atom. The first-order valence-corrected chi connectivity index (χ1v) is 11.7. The molecule has 0 aliphatic rings. The molecule has 0 heterocycles. The fraction of sp³-hybridized carbons (Fsp3) is 0.500. The second-order valence-corrected chi connectivity index (χ2v) is 10.3. The molecule has 0 bridgehead atoms. The Kier molecular flexibility index (Phi) is 9.06. The third-order valence-corrected chi connectivity index (χ3v) is 5.73. The zero-order chi connectivity index (χ0) is 23.9. The van der Waals surface area contributed by atoms with Gasteiger partial charge in [-0.05, 0) is 48.3 Å². The Labute approximate surface area is 194 Å². The van der Waals surface area contributed by atoms with Crippen molar-refractivity contribution in [1.29, 1.82) is 0 Å². The number of amides is 2. The highest BCUT2D eigenvalue weighted by molar-refractivity contribution is 5.87. The molecule has 2 rings (SSSR count). The van der Waals surface area contributed by atoms with Gasteiger partial charge < -0.3 is 10.2 Å². The molecule has 0 fully saturated rings. The highest BCUT2D eigenvalue weighted by Gasteiger charge is 2.26. The van der Waals surface area contributed by atoms with Gasteiger partial charge in [-0.25, -0.2) is 0 Å². The molecule has 0 spiro atoms. The smallest absolute Gasteiger partial charge is 0.242 e. The summed E-state index contributed by atoms with van der Waals surface area (Å²) in [4.78, 5) is 27.7. The molecule has 2 aromatic rings. The average molecular weight is 437 g/mol. The first-order valence-electron chi connectivity index (χ1n) is 11.7. The minimum absolute atomic E-state index is 0.00130. The highest BCUT2D eigenvalue weighted by atomic mass is 16.2. The van der Waals surface area contributed by atoms with Crippen molar-refractivity contribution in [2.24, 2.45) is 5.92 Å². The van der Waals surface area contributed by atoms with Crippen molar-refractivity contribution in [2.45, 2.75) is 79.3 Å². The van der Waals surface area contributed by atoms with Gasteiger partial charge in [-0.2, -0.15) is 0 Å². The van der Waals surface area contributed by atoms with Crippen LogP contribution in [0.2, 0.25) is 0 Å². The number of aryl methyl sites for hydroxylation is 2. The summed E-state index contributed by atoms with van der Waals surface area (Å²) < 4.78 is 0. The van der Waals surface area contributed by atoms with Gasteiger partial charge in [0.15, 0.2) is 0 Å². The molecular formula is C28H40N2O2. The summed E-state index contributed by atoms with van der Waals surface area (Å²) in [6.07, 6.45) is 1.04. The minimum Gasteiger partial charge on any atom is -0.354 e. The predicted octanol–water partition coefficient (Wildman–Crippen LogP) is 5.41. The van der Waals surface area contributed by atoms with E-state index in [2.05, 4.69) is 70.3 Å². The molecule has 4 heteroatoms. The number of hydrogen-bond donors (Lipinski definition) is 1. The second-order valence-electron chi connectivity index (χ2n) is 10.3. The molecule has 1 atom stereocenters. The lowest BCUT2D eigenvalue weighted by Crippen LogP contribution is -2.48. The Hall–Kier alpha value is -2.62. The van der Waals surface area contributed by atoms with Gasteiger partial charge in [-0.15, -0.1) is 0 Å². The molecule has 0 aliphatic carbocycles. The van der Waals surface area contributed by atoms with E-state index in [9.17, 15) is 9.59 Å².